The smallest absolute Gasteiger partial charge is 0.309 e. The van der Waals surface area contributed by atoms with E-state index < -0.39 is 0 Å². The van der Waals surface area contributed by atoms with Crippen molar-refractivity contribution < 1.29 is 9.53 Å². The van der Waals surface area contributed by atoms with Crippen molar-refractivity contribution in [3.8, 4) is 0 Å². The summed E-state index contributed by atoms with van der Waals surface area (Å²) in [6, 6.07) is 0. The first-order valence-corrected chi connectivity index (χ1v) is 5.98. The molecule has 1 heterocycles. The quantitative estimate of drug-likeness (QED) is 0.683. The molecule has 0 spiro atoms. The molecule has 0 unspecified atom stereocenters. The van der Waals surface area contributed by atoms with Crippen LogP contribution < -0.4 is 0 Å². The van der Waals surface area contributed by atoms with Crippen LogP contribution in [-0.2, 0) is 9.53 Å². The van der Waals surface area contributed by atoms with Gasteiger partial charge in [-0.1, -0.05) is 24.3 Å². The Morgan fingerprint density at radius 1 is 1.35 bits per heavy atom. The summed E-state index contributed by atoms with van der Waals surface area (Å²) in [6.45, 7) is 6.32. The van der Waals surface area contributed by atoms with Crippen LogP contribution in [0.3, 0.4) is 0 Å². The molecule has 0 aromatic heterocycles. The Morgan fingerprint density at radius 2 is 2.00 bits per heavy atom. The average molecular weight is 236 g/mol. The standard InChI is InChI=1S/C13H20N2O2/c1-3-5-9-15(10-6-4-2)13(16)12-14-8-7-11-17-12/h3-6H,7-11H2,1-2H3. The highest BCUT2D eigenvalue weighted by Crippen LogP contribution is 2.02. The normalized spacial score (nSPS) is 16.0. The van der Waals surface area contributed by atoms with Gasteiger partial charge in [-0.15, -0.1) is 0 Å². The summed E-state index contributed by atoms with van der Waals surface area (Å²) < 4.78 is 5.29. The fraction of sp³-hybridized carbons (Fsp3) is 0.538. The summed E-state index contributed by atoms with van der Waals surface area (Å²) >= 11 is 0. The molecule has 4 nitrogen and oxygen atoms in total. The molecule has 4 heteroatoms. The third kappa shape index (κ3) is 4.43. The highest BCUT2D eigenvalue weighted by Gasteiger charge is 2.21. The number of allylic oxidation sites excluding steroid dienone is 2. The van der Waals surface area contributed by atoms with Crippen molar-refractivity contribution in [2.45, 2.75) is 20.3 Å². The molecule has 1 rings (SSSR count). The van der Waals surface area contributed by atoms with Gasteiger partial charge >= 0.3 is 5.91 Å². The minimum Gasteiger partial charge on any atom is -0.474 e. The van der Waals surface area contributed by atoms with Crippen molar-refractivity contribution in [2.24, 2.45) is 4.99 Å². The minimum absolute atomic E-state index is 0.124. The molecular formula is C13H20N2O2. The molecule has 1 aliphatic rings. The van der Waals surface area contributed by atoms with Crippen LogP contribution in [0.1, 0.15) is 20.3 Å². The van der Waals surface area contributed by atoms with Crippen molar-refractivity contribution in [3.63, 3.8) is 0 Å². The summed E-state index contributed by atoms with van der Waals surface area (Å²) in [5.74, 6) is 0.131. The number of carbonyl (C=O) groups is 1. The zero-order chi connectivity index (χ0) is 12.5. The van der Waals surface area contributed by atoms with E-state index in [0.29, 0.717) is 26.2 Å². The lowest BCUT2D eigenvalue weighted by Gasteiger charge is -2.21. The Hall–Kier alpha value is -1.58. The zero-order valence-corrected chi connectivity index (χ0v) is 10.6. The molecule has 1 amide bonds. The van der Waals surface area contributed by atoms with E-state index in [1.54, 1.807) is 4.90 Å². The second kappa shape index (κ2) is 7.65. The summed E-state index contributed by atoms with van der Waals surface area (Å²) in [7, 11) is 0. The van der Waals surface area contributed by atoms with Crippen LogP contribution in [0.15, 0.2) is 29.3 Å². The monoisotopic (exact) mass is 236 g/mol. The first-order chi connectivity index (χ1) is 8.29. The predicted molar refractivity (Wildman–Crippen MR) is 69.1 cm³/mol. The number of ether oxygens (including phenoxy) is 1. The van der Waals surface area contributed by atoms with Crippen LogP contribution in [0.5, 0.6) is 0 Å². The van der Waals surface area contributed by atoms with E-state index >= 15 is 0 Å². The Bertz CT molecular complexity index is 318. The molecule has 94 valence electrons. The van der Waals surface area contributed by atoms with E-state index in [9.17, 15) is 4.79 Å². The van der Waals surface area contributed by atoms with Gasteiger partial charge in [0.25, 0.3) is 5.90 Å². The van der Waals surface area contributed by atoms with Crippen molar-refractivity contribution >= 4 is 11.8 Å². The Kier molecular flexibility index (Phi) is 6.07. The number of nitrogens with zero attached hydrogens (tertiary/aromatic N) is 2. The average Bonchev–Trinajstić information content (AvgIpc) is 2.39. The number of hydrogen-bond acceptors (Lipinski definition) is 3. The van der Waals surface area contributed by atoms with E-state index in [1.165, 1.54) is 0 Å². The molecule has 0 aliphatic carbocycles. The van der Waals surface area contributed by atoms with E-state index in [0.717, 1.165) is 6.42 Å². The van der Waals surface area contributed by atoms with Gasteiger partial charge in [-0.05, 0) is 13.8 Å². The topological polar surface area (TPSA) is 41.9 Å². The summed E-state index contributed by atoms with van der Waals surface area (Å²) in [5, 5.41) is 0. The van der Waals surface area contributed by atoms with Crippen molar-refractivity contribution in [1.29, 1.82) is 0 Å². The largest absolute Gasteiger partial charge is 0.474 e. The molecule has 0 saturated heterocycles. The number of carbonyl (C=O) groups excluding carboxylic acids is 1. The molecule has 0 fully saturated rings. The van der Waals surface area contributed by atoms with Crippen LogP contribution in [0.25, 0.3) is 0 Å². The van der Waals surface area contributed by atoms with Gasteiger partial charge in [0.1, 0.15) is 0 Å². The maximum Gasteiger partial charge on any atom is 0.309 e. The highest BCUT2D eigenvalue weighted by molar-refractivity contribution is 6.35. The summed E-state index contributed by atoms with van der Waals surface area (Å²) in [4.78, 5) is 17.9. The third-order valence-corrected chi connectivity index (χ3v) is 2.39. The second-order valence-corrected chi connectivity index (χ2v) is 3.74. The maximum atomic E-state index is 12.1. The lowest BCUT2D eigenvalue weighted by molar-refractivity contribution is -0.124. The van der Waals surface area contributed by atoms with Crippen molar-refractivity contribution in [1.82, 2.24) is 4.90 Å². The van der Waals surface area contributed by atoms with Crippen LogP contribution in [0.4, 0.5) is 0 Å². The molecule has 0 saturated carbocycles. The zero-order valence-electron chi connectivity index (χ0n) is 10.6. The van der Waals surface area contributed by atoms with Crippen molar-refractivity contribution in [3.05, 3.63) is 24.3 Å². The lowest BCUT2D eigenvalue weighted by Crippen LogP contribution is -2.39. The number of amides is 1. The molecular weight excluding hydrogens is 216 g/mol. The highest BCUT2D eigenvalue weighted by atomic mass is 16.5. The van der Waals surface area contributed by atoms with Gasteiger partial charge in [-0.3, -0.25) is 4.79 Å². The van der Waals surface area contributed by atoms with Crippen LogP contribution >= 0.6 is 0 Å². The van der Waals surface area contributed by atoms with E-state index in [2.05, 4.69) is 4.99 Å². The second-order valence-electron chi connectivity index (χ2n) is 3.74. The molecule has 0 aromatic carbocycles. The van der Waals surface area contributed by atoms with Gasteiger partial charge in [-0.2, -0.15) is 0 Å². The van der Waals surface area contributed by atoms with Gasteiger partial charge in [0.2, 0.25) is 0 Å². The van der Waals surface area contributed by atoms with Crippen molar-refractivity contribution in [2.75, 3.05) is 26.2 Å². The molecule has 0 aromatic rings. The Labute approximate surface area is 103 Å². The number of rotatable bonds is 5. The number of aliphatic imine (C=N–C) groups is 1. The fourth-order valence-electron chi connectivity index (χ4n) is 1.43. The Balaban J connectivity index is 2.66. The molecule has 0 radical (unpaired) electrons. The van der Waals surface area contributed by atoms with Crippen LogP contribution in [0.2, 0.25) is 0 Å². The fourth-order valence-corrected chi connectivity index (χ4v) is 1.43. The molecule has 0 atom stereocenters. The molecule has 17 heavy (non-hydrogen) atoms. The molecule has 0 N–H and O–H groups in total. The SMILES string of the molecule is CC=CCN(CC=CC)C(=O)C1=NCCCO1. The third-order valence-electron chi connectivity index (χ3n) is 2.39. The molecule has 0 bridgehead atoms. The maximum absolute atomic E-state index is 12.1. The minimum atomic E-state index is -0.124. The predicted octanol–water partition coefficient (Wildman–Crippen LogP) is 1.79. The van der Waals surface area contributed by atoms with E-state index in [4.69, 9.17) is 4.74 Å². The first kappa shape index (κ1) is 13.5. The van der Waals surface area contributed by atoms with Gasteiger partial charge in [0.15, 0.2) is 0 Å². The van der Waals surface area contributed by atoms with E-state index in [-0.39, 0.29) is 11.8 Å². The number of hydrogen-bond donors (Lipinski definition) is 0. The van der Waals surface area contributed by atoms with Gasteiger partial charge < -0.3 is 9.64 Å². The van der Waals surface area contributed by atoms with Crippen LogP contribution in [0, 0.1) is 0 Å². The van der Waals surface area contributed by atoms with E-state index in [1.807, 2.05) is 38.2 Å². The summed E-state index contributed by atoms with van der Waals surface area (Å²) in [6.07, 6.45) is 8.65. The summed E-state index contributed by atoms with van der Waals surface area (Å²) in [5.41, 5.74) is 0. The first-order valence-electron chi connectivity index (χ1n) is 5.98. The van der Waals surface area contributed by atoms with Crippen LogP contribution in [-0.4, -0.2) is 42.9 Å². The van der Waals surface area contributed by atoms with Gasteiger partial charge in [0, 0.05) is 26.1 Å². The van der Waals surface area contributed by atoms with Gasteiger partial charge in [-0.25, -0.2) is 4.99 Å². The van der Waals surface area contributed by atoms with Gasteiger partial charge in [0.05, 0.1) is 6.61 Å². The molecule has 1 aliphatic heterocycles. The lowest BCUT2D eigenvalue weighted by atomic mass is 10.3. The Morgan fingerprint density at radius 3 is 2.47 bits per heavy atom.